The highest BCUT2D eigenvalue weighted by Gasteiger charge is 2.37. The summed E-state index contributed by atoms with van der Waals surface area (Å²) < 4.78 is 14.7. The molecule has 19 heteroatoms. The van der Waals surface area contributed by atoms with Crippen molar-refractivity contribution in [2.24, 2.45) is 46.8 Å². The molecule has 16 nitrogen and oxygen atoms in total. The number of halogens is 1. The van der Waals surface area contributed by atoms with Gasteiger partial charge in [-0.1, -0.05) is 102 Å². The van der Waals surface area contributed by atoms with Crippen LogP contribution in [0.15, 0.2) is 91.0 Å². The third-order valence-electron chi connectivity index (χ3n) is 13.6. The fourth-order valence-electron chi connectivity index (χ4n) is 9.04. The van der Waals surface area contributed by atoms with Gasteiger partial charge in [-0.25, -0.2) is 4.39 Å². The van der Waals surface area contributed by atoms with E-state index in [0.29, 0.717) is 30.5 Å². The van der Waals surface area contributed by atoms with E-state index in [2.05, 4.69) is 16.0 Å². The van der Waals surface area contributed by atoms with Crippen LogP contribution in [0.3, 0.4) is 0 Å². The SMILES string of the molecule is CC(C)[C@@H]1CC(=O)[C@H](CCCCN)NC(=O)[C@@H](Cc2cccc(F)c2)CC(=O)[C@H](Cc2ccc(O)cc2)NC(=O)[C@@H](CC(=O)[C@H](N)Cc2ccc3ccccc3c2)CSSC[C@@H](C(=O)C[C@H](C(N)=O)C(C)O)NC1=O. The van der Waals surface area contributed by atoms with Crippen molar-refractivity contribution in [1.82, 2.24) is 16.0 Å². The first kappa shape index (κ1) is 59.9. The van der Waals surface area contributed by atoms with Crippen molar-refractivity contribution in [2.45, 2.75) is 115 Å². The standard InChI is InChI=1S/C56H71FN6O10S2/c1-32(2)43-28-51(68)46(13-6-7-20-58)61-54(71)39(22-35-9-8-12-41(57)23-35)26-50(67)47(25-34-15-18-42(65)19-16-34)62-55(72)40(27-49(66)45(59)24-36-14-17-37-10-4-5-11-38(37)21-36)30-74-75-31-48(63-56(43)73)52(69)29-44(33(3)64)53(60)70/h4-5,8-12,14-19,21,23,32-33,39-40,43-48,64-65H,6-7,13,20,22,24-31,58-59H2,1-3H3,(H2,60,70)(H,61,71)(H,62,72)(H,63,73)/t33?,39-,40-,43-,44-,45+,46-,47-,48-/m0/s1. The van der Waals surface area contributed by atoms with Gasteiger partial charge in [0, 0.05) is 49.0 Å². The normalized spacial score (nSPS) is 22.1. The number of rotatable bonds is 19. The van der Waals surface area contributed by atoms with E-state index < -0.39 is 125 Å². The van der Waals surface area contributed by atoms with Crippen LogP contribution in [-0.2, 0) is 57.6 Å². The molecule has 75 heavy (non-hydrogen) atoms. The van der Waals surface area contributed by atoms with Crippen molar-refractivity contribution in [3.63, 3.8) is 0 Å². The van der Waals surface area contributed by atoms with Gasteiger partial charge in [0.05, 0.1) is 42.1 Å². The largest absolute Gasteiger partial charge is 0.508 e. The Labute approximate surface area is 445 Å². The zero-order valence-electron chi connectivity index (χ0n) is 42.7. The van der Waals surface area contributed by atoms with Gasteiger partial charge in [0.2, 0.25) is 23.6 Å². The summed E-state index contributed by atoms with van der Waals surface area (Å²) in [5, 5.41) is 30.9. The van der Waals surface area contributed by atoms with Gasteiger partial charge in [-0.2, -0.15) is 0 Å². The first-order chi connectivity index (χ1) is 35.7. The maximum absolute atomic E-state index is 14.8. The predicted octanol–water partition coefficient (Wildman–Crippen LogP) is 4.84. The molecule has 0 aliphatic carbocycles. The van der Waals surface area contributed by atoms with Gasteiger partial charge in [-0.05, 0) is 110 Å². The van der Waals surface area contributed by atoms with Crippen molar-refractivity contribution in [3.8, 4) is 5.75 Å². The number of carbonyl (C=O) groups excluding carboxylic acids is 8. The highest BCUT2D eigenvalue weighted by molar-refractivity contribution is 8.76. The Hall–Kier alpha value is -5.99. The lowest BCUT2D eigenvalue weighted by atomic mass is 9.86. The molecule has 1 fully saturated rings. The Bertz CT molecular complexity index is 2640. The number of hydrogen-bond acceptors (Lipinski definition) is 14. The average molecular weight is 1070 g/mol. The van der Waals surface area contributed by atoms with Crippen molar-refractivity contribution < 1.29 is 53.0 Å². The number of ketones is 4. The van der Waals surface area contributed by atoms with Gasteiger partial charge >= 0.3 is 0 Å². The molecule has 9 atom stereocenters. The monoisotopic (exact) mass is 1070 g/mol. The van der Waals surface area contributed by atoms with Crippen LogP contribution in [0.25, 0.3) is 10.8 Å². The first-order valence-electron chi connectivity index (χ1n) is 25.4. The highest BCUT2D eigenvalue weighted by Crippen LogP contribution is 2.30. The minimum Gasteiger partial charge on any atom is -0.508 e. The zero-order valence-corrected chi connectivity index (χ0v) is 44.3. The van der Waals surface area contributed by atoms with E-state index >= 15 is 0 Å². The molecule has 11 N–H and O–H groups in total. The minimum absolute atomic E-state index is 0.0419. The van der Waals surface area contributed by atoms with Gasteiger partial charge < -0.3 is 43.4 Å². The van der Waals surface area contributed by atoms with Crippen LogP contribution in [0.1, 0.15) is 82.4 Å². The van der Waals surface area contributed by atoms with Crippen LogP contribution >= 0.6 is 21.6 Å². The molecule has 1 aliphatic rings. The van der Waals surface area contributed by atoms with Crippen molar-refractivity contribution >= 4 is 79.1 Å². The van der Waals surface area contributed by atoms with E-state index in [4.69, 9.17) is 17.2 Å². The molecule has 1 saturated heterocycles. The summed E-state index contributed by atoms with van der Waals surface area (Å²) >= 11 is 0. The maximum Gasteiger partial charge on any atom is 0.225 e. The molecule has 4 aromatic rings. The smallest absolute Gasteiger partial charge is 0.225 e. The number of unbranched alkanes of at least 4 members (excludes halogenated alkanes) is 1. The topological polar surface area (TPSA) is 291 Å². The zero-order chi connectivity index (χ0) is 54.8. The second-order valence-electron chi connectivity index (χ2n) is 19.9. The Morgan fingerprint density at radius 3 is 2.04 bits per heavy atom. The van der Waals surface area contributed by atoms with Crippen molar-refractivity contribution in [1.29, 1.82) is 0 Å². The van der Waals surface area contributed by atoms with Crippen LogP contribution in [0.4, 0.5) is 4.39 Å². The molecule has 1 heterocycles. The Morgan fingerprint density at radius 1 is 0.720 bits per heavy atom. The van der Waals surface area contributed by atoms with E-state index in [1.54, 1.807) is 32.0 Å². The lowest BCUT2D eigenvalue weighted by Gasteiger charge is -2.28. The number of aliphatic hydroxyl groups excluding tert-OH is 1. The van der Waals surface area contributed by atoms with Gasteiger partial charge in [0.1, 0.15) is 11.6 Å². The molecular formula is C56H71FN6O10S2. The number of hydrogen-bond donors (Lipinski definition) is 8. The quantitative estimate of drug-likeness (QED) is 0.0461. The summed E-state index contributed by atoms with van der Waals surface area (Å²) in [5.41, 5.74) is 19.7. The lowest BCUT2D eigenvalue weighted by Crippen LogP contribution is -2.50. The summed E-state index contributed by atoms with van der Waals surface area (Å²) in [7, 11) is 2.21. The number of carbonyl (C=O) groups is 8. The third kappa shape index (κ3) is 18.7. The van der Waals surface area contributed by atoms with Gasteiger partial charge in [-0.3, -0.25) is 38.4 Å². The Kier molecular flexibility index (Phi) is 23.4. The molecular weight excluding hydrogens is 1000 g/mol. The van der Waals surface area contributed by atoms with Crippen LogP contribution in [-0.4, -0.2) is 105 Å². The molecule has 1 unspecified atom stereocenters. The third-order valence-corrected chi connectivity index (χ3v) is 16.1. The number of primary amides is 1. The molecule has 1 aliphatic heterocycles. The fourth-order valence-corrected chi connectivity index (χ4v) is 11.6. The van der Waals surface area contributed by atoms with Crippen molar-refractivity contribution in [2.75, 3.05) is 18.1 Å². The van der Waals surface area contributed by atoms with Crippen LogP contribution in [0, 0.1) is 35.4 Å². The van der Waals surface area contributed by atoms with E-state index in [1.807, 2.05) is 42.5 Å². The van der Waals surface area contributed by atoms with Gasteiger partial charge in [-0.15, -0.1) is 0 Å². The number of Topliss-reactive ketones (excluding diaryl/α,β-unsaturated/α-hetero) is 4. The molecule has 4 aromatic carbocycles. The Morgan fingerprint density at radius 2 is 1.37 bits per heavy atom. The molecule has 0 saturated carbocycles. The predicted molar refractivity (Wildman–Crippen MR) is 289 cm³/mol. The number of phenolic OH excluding ortho intramolecular Hbond substituents is 1. The van der Waals surface area contributed by atoms with Crippen molar-refractivity contribution in [3.05, 3.63) is 114 Å². The fraction of sp³-hybridized carbons (Fsp3) is 0.464. The number of aliphatic hydroxyl groups is 1. The summed E-state index contributed by atoms with van der Waals surface area (Å²) in [6.45, 7) is 5.06. The van der Waals surface area contributed by atoms with Gasteiger partial charge in [0.25, 0.3) is 0 Å². The summed E-state index contributed by atoms with van der Waals surface area (Å²) in [4.78, 5) is 113. The van der Waals surface area contributed by atoms with Crippen LogP contribution < -0.4 is 33.2 Å². The average Bonchev–Trinajstić information content (AvgIpc) is 3.36. The highest BCUT2D eigenvalue weighted by atomic mass is 33.1. The molecule has 0 spiro atoms. The van der Waals surface area contributed by atoms with E-state index in [1.165, 1.54) is 37.3 Å². The second-order valence-corrected chi connectivity index (χ2v) is 22.5. The molecule has 4 amide bonds. The molecule has 0 bridgehead atoms. The summed E-state index contributed by atoms with van der Waals surface area (Å²) in [5.74, 6) is -11.0. The number of nitrogens with one attached hydrogen (secondary N) is 3. The first-order valence-corrected chi connectivity index (χ1v) is 27.9. The summed E-state index contributed by atoms with van der Waals surface area (Å²) in [6, 6.07) is 20.2. The number of benzene rings is 4. The number of fused-ring (bicyclic) bond motifs is 1. The van der Waals surface area contributed by atoms with Crippen LogP contribution in [0.2, 0.25) is 0 Å². The maximum atomic E-state index is 14.8. The van der Waals surface area contributed by atoms with E-state index in [-0.39, 0.29) is 55.8 Å². The molecule has 0 radical (unpaired) electrons. The number of phenols is 1. The van der Waals surface area contributed by atoms with E-state index in [0.717, 1.165) is 37.9 Å². The molecule has 5 rings (SSSR count). The minimum atomic E-state index is -1.30. The molecule has 0 aromatic heterocycles. The lowest BCUT2D eigenvalue weighted by molar-refractivity contribution is -0.136. The molecule has 404 valence electrons. The number of amides is 4. The number of nitrogens with two attached hydrogens (primary N) is 3. The number of aromatic hydroxyl groups is 1. The van der Waals surface area contributed by atoms with Gasteiger partial charge in [0.15, 0.2) is 23.1 Å². The van der Waals surface area contributed by atoms with E-state index in [9.17, 15) is 53.0 Å². The summed E-state index contributed by atoms with van der Waals surface area (Å²) in [6.07, 6.45) is -2.05. The Balaban J connectivity index is 1.56. The van der Waals surface area contributed by atoms with Crippen LogP contribution in [0.5, 0.6) is 5.75 Å². The second kappa shape index (κ2) is 29.3.